The molecule has 0 radical (unpaired) electrons. The predicted molar refractivity (Wildman–Crippen MR) is 274 cm³/mol. The van der Waals surface area contributed by atoms with Crippen LogP contribution in [0.15, 0.2) is 179 Å². The molecule has 9 aromatic carbocycles. The van der Waals surface area contributed by atoms with Crippen molar-refractivity contribution in [3.05, 3.63) is 192 Å². The lowest BCUT2D eigenvalue weighted by molar-refractivity contribution is 0.357. The molecule has 3 aliphatic carbocycles. The number of furan rings is 2. The highest BCUT2D eigenvalue weighted by molar-refractivity contribution is 6.26. The molecule has 318 valence electrons. The van der Waals surface area contributed by atoms with E-state index in [1.54, 1.807) is 0 Å². The molecule has 0 aliphatic heterocycles. The predicted octanol–water partition coefficient (Wildman–Crippen LogP) is 16.5. The molecule has 13 aromatic rings. The number of nitrogens with zero attached hydrogens (tertiary/aromatic N) is 4. The highest BCUT2D eigenvalue weighted by atomic mass is 16.3. The summed E-state index contributed by atoms with van der Waals surface area (Å²) < 4.78 is 18.4. The van der Waals surface area contributed by atoms with Crippen molar-refractivity contribution < 1.29 is 8.83 Å². The summed E-state index contributed by atoms with van der Waals surface area (Å²) in [5.74, 6) is 0.373. The van der Waals surface area contributed by atoms with Crippen molar-refractivity contribution in [1.82, 2.24) is 9.13 Å². The van der Waals surface area contributed by atoms with Crippen molar-refractivity contribution in [3.63, 3.8) is 0 Å². The smallest absolute Gasteiger partial charge is 0.145 e. The lowest BCUT2D eigenvalue weighted by Crippen LogP contribution is -2.26. The fourth-order valence-electron chi connectivity index (χ4n) is 12.6. The van der Waals surface area contributed by atoms with Crippen molar-refractivity contribution in [1.29, 1.82) is 10.5 Å². The second-order valence-corrected chi connectivity index (χ2v) is 18.8. The Hall–Kier alpha value is -8.84. The molecular formula is C62H38N4O2. The Kier molecular flexibility index (Phi) is 7.61. The number of hydrogen-bond acceptors (Lipinski definition) is 4. The molecule has 0 atom stereocenters. The summed E-state index contributed by atoms with van der Waals surface area (Å²) in [6.07, 6.45) is 4.02. The topological polar surface area (TPSA) is 83.7 Å². The fraction of sp³-hybridized carbons (Fsp3) is 0.0968. The molecule has 0 unspecified atom stereocenters. The van der Waals surface area contributed by atoms with Crippen molar-refractivity contribution >= 4 is 87.5 Å². The largest absolute Gasteiger partial charge is 0.455 e. The van der Waals surface area contributed by atoms with Crippen LogP contribution in [-0.2, 0) is 0 Å². The lowest BCUT2D eigenvalue weighted by Gasteiger charge is -2.40. The van der Waals surface area contributed by atoms with E-state index in [4.69, 9.17) is 8.83 Å². The monoisotopic (exact) mass is 870 g/mol. The lowest BCUT2D eigenvalue weighted by atomic mass is 9.64. The number of fused-ring (bicyclic) bond motifs is 16. The molecule has 4 aromatic heterocycles. The molecule has 6 nitrogen and oxygen atoms in total. The molecule has 0 spiro atoms. The van der Waals surface area contributed by atoms with Gasteiger partial charge in [-0.2, -0.15) is 10.5 Å². The first kappa shape index (κ1) is 37.4. The number of hydrogen-bond donors (Lipinski definition) is 0. The van der Waals surface area contributed by atoms with Crippen LogP contribution < -0.4 is 0 Å². The third-order valence-corrected chi connectivity index (χ3v) is 15.5. The van der Waals surface area contributed by atoms with Gasteiger partial charge in [-0.1, -0.05) is 109 Å². The van der Waals surface area contributed by atoms with E-state index in [-0.39, 0.29) is 11.8 Å². The van der Waals surface area contributed by atoms with Crippen molar-refractivity contribution in [2.75, 3.05) is 0 Å². The van der Waals surface area contributed by atoms with Gasteiger partial charge in [0, 0.05) is 32.3 Å². The molecule has 0 amide bonds. The second kappa shape index (κ2) is 13.8. The van der Waals surface area contributed by atoms with Crippen LogP contribution in [0.25, 0.3) is 121 Å². The maximum Gasteiger partial charge on any atom is 0.145 e. The van der Waals surface area contributed by atoms with E-state index in [0.717, 1.165) is 147 Å². The maximum atomic E-state index is 11.9. The van der Waals surface area contributed by atoms with Gasteiger partial charge in [0.1, 0.15) is 34.5 Å². The van der Waals surface area contributed by atoms with Crippen LogP contribution in [0.1, 0.15) is 59.8 Å². The first-order chi connectivity index (χ1) is 33.7. The summed E-state index contributed by atoms with van der Waals surface area (Å²) in [7, 11) is 0. The average Bonchev–Trinajstić information content (AvgIpc) is 4.16. The molecule has 6 heteroatoms. The van der Waals surface area contributed by atoms with Gasteiger partial charge in [-0.25, -0.2) is 0 Å². The normalized spacial score (nSPS) is 15.7. The fourth-order valence-corrected chi connectivity index (χ4v) is 12.6. The summed E-state index contributed by atoms with van der Waals surface area (Å²) in [5.41, 5.74) is 16.1. The van der Waals surface area contributed by atoms with Crippen LogP contribution in [0.4, 0.5) is 0 Å². The van der Waals surface area contributed by atoms with Crippen molar-refractivity contribution in [3.8, 4) is 45.8 Å². The highest BCUT2D eigenvalue weighted by Gasteiger charge is 2.41. The van der Waals surface area contributed by atoms with E-state index in [1.807, 2.05) is 36.4 Å². The standard InChI is InChI=1S/C62H38N4O2/c63-33-47-55-37-19-21-38(22-20-37)56(55)48(34-64)60(66-50-28-24-40(36-13-5-2-6-14-36)32-46(50)58-52(66)30-26-44-42-16-8-10-18-54(42)68-62(44)58)59(47)65-49-27-23-39(35-11-3-1-4-12-35)31-45(49)57-51(65)29-25-43-41-15-7-9-17-53(41)67-61(43)57/h1-18,23-32,37-38H,19-22H2. The van der Waals surface area contributed by atoms with Gasteiger partial charge in [-0.05, 0) is 132 Å². The van der Waals surface area contributed by atoms with Gasteiger partial charge in [0.2, 0.25) is 0 Å². The van der Waals surface area contributed by atoms with E-state index in [1.165, 1.54) is 0 Å². The molecule has 68 heavy (non-hydrogen) atoms. The van der Waals surface area contributed by atoms with Crippen LogP contribution >= 0.6 is 0 Å². The van der Waals surface area contributed by atoms with Gasteiger partial charge < -0.3 is 18.0 Å². The van der Waals surface area contributed by atoms with Crippen molar-refractivity contribution in [2.45, 2.75) is 37.5 Å². The van der Waals surface area contributed by atoms with Crippen LogP contribution in [0.5, 0.6) is 0 Å². The summed E-state index contributed by atoms with van der Waals surface area (Å²) in [4.78, 5) is 0. The van der Waals surface area contributed by atoms with Crippen LogP contribution in [0, 0.1) is 22.7 Å². The quantitative estimate of drug-likeness (QED) is 0.176. The number of benzene rings is 9. The highest BCUT2D eigenvalue weighted by Crippen LogP contribution is 2.56. The summed E-state index contributed by atoms with van der Waals surface area (Å²) >= 11 is 0. The average molecular weight is 871 g/mol. The Balaban J connectivity index is 1.16. The number of aromatic nitrogens is 2. The minimum absolute atomic E-state index is 0.186. The second-order valence-electron chi connectivity index (χ2n) is 18.8. The Morgan fingerprint density at radius 2 is 0.779 bits per heavy atom. The molecule has 4 heterocycles. The maximum absolute atomic E-state index is 11.9. The number of para-hydroxylation sites is 2. The van der Waals surface area contributed by atoms with E-state index >= 15 is 0 Å². The molecule has 3 aliphatic rings. The molecule has 1 saturated carbocycles. The van der Waals surface area contributed by atoms with Gasteiger partial charge in [0.15, 0.2) is 0 Å². The molecule has 0 N–H and O–H groups in total. The van der Waals surface area contributed by atoms with Crippen LogP contribution in [0.3, 0.4) is 0 Å². The van der Waals surface area contributed by atoms with Crippen LogP contribution in [-0.4, -0.2) is 9.13 Å². The zero-order valence-electron chi connectivity index (χ0n) is 36.8. The summed E-state index contributed by atoms with van der Waals surface area (Å²) in [6, 6.07) is 65.2. The van der Waals surface area contributed by atoms with Gasteiger partial charge in [0.05, 0.1) is 55.3 Å². The third kappa shape index (κ3) is 4.93. The van der Waals surface area contributed by atoms with E-state index in [2.05, 4.69) is 155 Å². The summed E-state index contributed by atoms with van der Waals surface area (Å²) in [6.45, 7) is 0. The molecule has 16 rings (SSSR count). The zero-order chi connectivity index (χ0) is 44.8. The third-order valence-electron chi connectivity index (χ3n) is 15.5. The Bertz CT molecular complexity index is 4120. The molecule has 1 fully saturated rings. The minimum Gasteiger partial charge on any atom is -0.455 e. The van der Waals surface area contributed by atoms with Crippen molar-refractivity contribution in [2.24, 2.45) is 0 Å². The molecule has 2 bridgehead atoms. The van der Waals surface area contributed by atoms with Gasteiger partial charge in [-0.15, -0.1) is 0 Å². The Morgan fingerprint density at radius 1 is 0.382 bits per heavy atom. The van der Waals surface area contributed by atoms with E-state index < -0.39 is 0 Å². The number of rotatable bonds is 4. The van der Waals surface area contributed by atoms with Crippen LogP contribution in [0.2, 0.25) is 0 Å². The first-order valence-corrected chi connectivity index (χ1v) is 23.6. The summed E-state index contributed by atoms with van der Waals surface area (Å²) in [5, 5.41) is 32.0. The Morgan fingerprint density at radius 3 is 1.21 bits per heavy atom. The molecular weight excluding hydrogens is 833 g/mol. The zero-order valence-corrected chi connectivity index (χ0v) is 36.8. The molecule has 0 saturated heterocycles. The van der Waals surface area contributed by atoms with Gasteiger partial charge in [-0.3, -0.25) is 0 Å². The van der Waals surface area contributed by atoms with E-state index in [9.17, 15) is 10.5 Å². The van der Waals surface area contributed by atoms with Gasteiger partial charge >= 0.3 is 0 Å². The first-order valence-electron chi connectivity index (χ1n) is 23.6. The van der Waals surface area contributed by atoms with E-state index in [0.29, 0.717) is 22.5 Å². The number of nitriles is 2. The SMILES string of the molecule is N#Cc1c2c(c(C#N)c(-n3c4ccc(-c5ccccc5)cc4c4c5oc6ccccc6c5ccc43)c1-n1c3ccc(-c4ccccc4)cc3c3c4oc5ccccc5c4ccc31)C1CCC2CC1. The van der Waals surface area contributed by atoms with Gasteiger partial charge in [0.25, 0.3) is 0 Å². The minimum atomic E-state index is 0.186. The Labute approximate surface area is 389 Å².